The number of hydrogen-bond donors (Lipinski definition) is 1. The van der Waals surface area contributed by atoms with Crippen molar-refractivity contribution < 1.29 is 19.4 Å². The van der Waals surface area contributed by atoms with Crippen molar-refractivity contribution in [3.63, 3.8) is 0 Å². The van der Waals surface area contributed by atoms with Crippen molar-refractivity contribution in [2.45, 2.75) is 71.6 Å². The van der Waals surface area contributed by atoms with Crippen LogP contribution in [0.5, 0.6) is 0 Å². The monoisotopic (exact) mass is 271 g/mol. The molecule has 1 amide bonds. The van der Waals surface area contributed by atoms with Crippen LogP contribution in [0.1, 0.15) is 53.9 Å². The molecule has 0 spiro atoms. The van der Waals surface area contributed by atoms with Gasteiger partial charge in [0.1, 0.15) is 11.6 Å². The molecule has 1 fully saturated rings. The van der Waals surface area contributed by atoms with E-state index in [1.165, 1.54) is 4.90 Å². The minimum atomic E-state index is -0.952. The Morgan fingerprint density at radius 2 is 1.84 bits per heavy atom. The van der Waals surface area contributed by atoms with E-state index in [0.717, 1.165) is 12.8 Å². The lowest BCUT2D eigenvalue weighted by Crippen LogP contribution is -2.49. The van der Waals surface area contributed by atoms with Gasteiger partial charge in [-0.25, -0.2) is 9.59 Å². The fourth-order valence-electron chi connectivity index (χ4n) is 1.98. The Labute approximate surface area is 114 Å². The summed E-state index contributed by atoms with van der Waals surface area (Å²) in [6, 6.07) is -0.767. The van der Waals surface area contributed by atoms with Crippen molar-refractivity contribution >= 4 is 12.1 Å². The molecular formula is C14H25NO4. The van der Waals surface area contributed by atoms with Crippen LogP contribution in [0.25, 0.3) is 0 Å². The van der Waals surface area contributed by atoms with Gasteiger partial charge in [-0.05, 0) is 46.0 Å². The van der Waals surface area contributed by atoms with Crippen molar-refractivity contribution in [1.29, 1.82) is 0 Å². The molecule has 0 aromatic rings. The largest absolute Gasteiger partial charge is 0.480 e. The Bertz CT molecular complexity index is 342. The standard InChI is InChI=1S/C14H25NO4/c1-9(2)8-11(12(16)17)15(10-6-7-10)13(18)19-14(3,4)5/h9-11H,6-8H2,1-5H3,(H,16,17)/t11-/m0/s1. The molecule has 1 saturated carbocycles. The van der Waals surface area contributed by atoms with E-state index in [1.54, 1.807) is 20.8 Å². The minimum absolute atomic E-state index is 0.0229. The molecule has 0 radical (unpaired) electrons. The Morgan fingerprint density at radius 3 is 2.16 bits per heavy atom. The van der Waals surface area contributed by atoms with Crippen LogP contribution in [0, 0.1) is 5.92 Å². The van der Waals surface area contributed by atoms with Gasteiger partial charge in [0.2, 0.25) is 0 Å². The highest BCUT2D eigenvalue weighted by Gasteiger charge is 2.42. The van der Waals surface area contributed by atoms with Crippen LogP contribution in [0.4, 0.5) is 4.79 Å². The van der Waals surface area contributed by atoms with Gasteiger partial charge in [0.05, 0.1) is 0 Å². The highest BCUT2D eigenvalue weighted by Crippen LogP contribution is 2.32. The van der Waals surface area contributed by atoms with Gasteiger partial charge in [-0.2, -0.15) is 0 Å². The van der Waals surface area contributed by atoms with Gasteiger partial charge < -0.3 is 9.84 Å². The van der Waals surface area contributed by atoms with Crippen LogP contribution in [0.2, 0.25) is 0 Å². The van der Waals surface area contributed by atoms with Gasteiger partial charge in [0, 0.05) is 6.04 Å². The number of carboxylic acids is 1. The summed E-state index contributed by atoms with van der Waals surface area (Å²) in [5.41, 5.74) is -0.606. The number of amides is 1. The molecule has 0 unspecified atom stereocenters. The number of nitrogens with zero attached hydrogens (tertiary/aromatic N) is 1. The predicted molar refractivity (Wildman–Crippen MR) is 72.0 cm³/mol. The summed E-state index contributed by atoms with van der Waals surface area (Å²) in [4.78, 5) is 25.1. The van der Waals surface area contributed by atoms with Crippen LogP contribution in [-0.4, -0.2) is 39.8 Å². The van der Waals surface area contributed by atoms with Crippen LogP contribution in [-0.2, 0) is 9.53 Å². The quantitative estimate of drug-likeness (QED) is 0.835. The van der Waals surface area contributed by atoms with Gasteiger partial charge in [-0.15, -0.1) is 0 Å². The fraction of sp³-hybridized carbons (Fsp3) is 0.857. The van der Waals surface area contributed by atoms with E-state index in [0.29, 0.717) is 6.42 Å². The number of rotatable bonds is 5. The maximum atomic E-state index is 12.2. The van der Waals surface area contributed by atoms with Gasteiger partial charge in [0.25, 0.3) is 0 Å². The van der Waals surface area contributed by atoms with E-state index in [4.69, 9.17) is 4.74 Å². The zero-order valence-electron chi connectivity index (χ0n) is 12.5. The van der Waals surface area contributed by atoms with Crippen LogP contribution >= 0.6 is 0 Å². The van der Waals surface area contributed by atoms with Crippen molar-refractivity contribution in [1.82, 2.24) is 4.90 Å². The average molecular weight is 271 g/mol. The van der Waals surface area contributed by atoms with Crippen molar-refractivity contribution in [2.24, 2.45) is 5.92 Å². The van der Waals surface area contributed by atoms with Crippen molar-refractivity contribution in [3.8, 4) is 0 Å². The first kappa shape index (κ1) is 15.8. The molecule has 5 heteroatoms. The first-order valence-electron chi connectivity index (χ1n) is 6.86. The van der Waals surface area contributed by atoms with Gasteiger partial charge >= 0.3 is 12.1 Å². The topological polar surface area (TPSA) is 66.8 Å². The van der Waals surface area contributed by atoms with Gasteiger partial charge in [-0.3, -0.25) is 4.90 Å². The molecule has 1 aliphatic carbocycles. The molecule has 0 aromatic heterocycles. The summed E-state index contributed by atoms with van der Waals surface area (Å²) in [6.45, 7) is 9.27. The highest BCUT2D eigenvalue weighted by atomic mass is 16.6. The third-order valence-corrected chi connectivity index (χ3v) is 2.86. The molecule has 1 aliphatic rings. The summed E-state index contributed by atoms with van der Waals surface area (Å²) in [7, 11) is 0. The molecule has 1 N–H and O–H groups in total. The van der Waals surface area contributed by atoms with E-state index in [9.17, 15) is 14.7 Å². The van der Waals surface area contributed by atoms with Gasteiger partial charge in [0.15, 0.2) is 0 Å². The summed E-state index contributed by atoms with van der Waals surface area (Å²) in [5, 5.41) is 9.37. The molecule has 0 aliphatic heterocycles. The fourth-order valence-corrected chi connectivity index (χ4v) is 1.98. The van der Waals surface area contributed by atoms with Crippen molar-refractivity contribution in [3.05, 3.63) is 0 Å². The maximum Gasteiger partial charge on any atom is 0.411 e. The molecule has 0 saturated heterocycles. The normalized spacial score (nSPS) is 17.2. The van der Waals surface area contributed by atoms with E-state index in [1.807, 2.05) is 13.8 Å². The molecule has 110 valence electrons. The second-order valence-corrected chi connectivity index (χ2v) is 6.60. The number of carbonyl (C=O) groups is 2. The molecule has 0 bridgehead atoms. The lowest BCUT2D eigenvalue weighted by molar-refractivity contribution is -0.144. The zero-order valence-corrected chi connectivity index (χ0v) is 12.5. The third kappa shape index (κ3) is 5.09. The first-order valence-corrected chi connectivity index (χ1v) is 6.86. The summed E-state index contributed by atoms with van der Waals surface area (Å²) < 4.78 is 5.34. The molecule has 1 atom stereocenters. The molecule has 0 aromatic carbocycles. The second kappa shape index (κ2) is 5.80. The Morgan fingerprint density at radius 1 is 1.32 bits per heavy atom. The number of carboxylic acid groups (broad SMARTS) is 1. The number of hydrogen-bond acceptors (Lipinski definition) is 3. The van der Waals surface area contributed by atoms with Crippen LogP contribution in [0.15, 0.2) is 0 Å². The van der Waals surface area contributed by atoms with Gasteiger partial charge in [-0.1, -0.05) is 13.8 Å². The molecule has 19 heavy (non-hydrogen) atoms. The SMILES string of the molecule is CC(C)C[C@@H](C(=O)O)N(C(=O)OC(C)(C)C)C1CC1. The Kier molecular flexibility index (Phi) is 4.82. The van der Waals surface area contributed by atoms with E-state index < -0.39 is 23.7 Å². The van der Waals surface area contributed by atoms with Crippen molar-refractivity contribution in [2.75, 3.05) is 0 Å². The Balaban J connectivity index is 2.85. The highest BCUT2D eigenvalue weighted by molar-refractivity contribution is 5.80. The summed E-state index contributed by atoms with van der Waals surface area (Å²) >= 11 is 0. The van der Waals surface area contributed by atoms with Crippen LogP contribution < -0.4 is 0 Å². The number of aliphatic carboxylic acids is 1. The Hall–Kier alpha value is -1.26. The first-order chi connectivity index (χ1) is 8.61. The summed E-state index contributed by atoms with van der Waals surface area (Å²) in [5.74, 6) is -0.740. The molecule has 5 nitrogen and oxygen atoms in total. The molecule has 0 heterocycles. The van der Waals surface area contributed by atoms with Crippen LogP contribution in [0.3, 0.4) is 0 Å². The number of carbonyl (C=O) groups excluding carboxylic acids is 1. The smallest absolute Gasteiger partial charge is 0.411 e. The minimum Gasteiger partial charge on any atom is -0.480 e. The average Bonchev–Trinajstić information content (AvgIpc) is 2.96. The lowest BCUT2D eigenvalue weighted by Gasteiger charge is -2.32. The number of ether oxygens (including phenoxy) is 1. The molecular weight excluding hydrogens is 246 g/mol. The summed E-state index contributed by atoms with van der Waals surface area (Å²) in [6.07, 6.45) is 1.66. The lowest BCUT2D eigenvalue weighted by atomic mass is 10.0. The predicted octanol–water partition coefficient (Wildman–Crippen LogP) is 2.89. The maximum absolute atomic E-state index is 12.2. The molecule has 1 rings (SSSR count). The zero-order chi connectivity index (χ0) is 14.8. The van der Waals surface area contributed by atoms with E-state index >= 15 is 0 Å². The van der Waals surface area contributed by atoms with E-state index in [2.05, 4.69) is 0 Å². The van der Waals surface area contributed by atoms with E-state index in [-0.39, 0.29) is 12.0 Å². The third-order valence-electron chi connectivity index (χ3n) is 2.86. The second-order valence-electron chi connectivity index (χ2n) is 6.60.